The fourth-order valence-electron chi connectivity index (χ4n) is 4.98. The van der Waals surface area contributed by atoms with Gasteiger partial charge in [0.25, 0.3) is 0 Å². The lowest BCUT2D eigenvalue weighted by molar-refractivity contribution is 0.219. The number of halogens is 1. The van der Waals surface area contributed by atoms with E-state index in [2.05, 4.69) is 19.1 Å². The summed E-state index contributed by atoms with van der Waals surface area (Å²) in [6.07, 6.45) is 25.3. The van der Waals surface area contributed by atoms with E-state index in [1.54, 1.807) is 0 Å². The highest BCUT2D eigenvalue weighted by molar-refractivity contribution is 4.91. The van der Waals surface area contributed by atoms with Gasteiger partial charge in [0.2, 0.25) is 0 Å². The Morgan fingerprint density at radius 3 is 1.83 bits per heavy atom. The van der Waals surface area contributed by atoms with Crippen LogP contribution >= 0.6 is 0 Å². The molecule has 0 aromatic heterocycles. The highest BCUT2D eigenvalue weighted by atomic mass is 19.1. The first-order valence-electron chi connectivity index (χ1n) is 11.0. The zero-order valence-electron chi connectivity index (χ0n) is 16.2. The summed E-state index contributed by atoms with van der Waals surface area (Å²) >= 11 is 0. The van der Waals surface area contributed by atoms with Crippen molar-refractivity contribution in [2.75, 3.05) is 6.67 Å². The lowest BCUT2D eigenvalue weighted by Gasteiger charge is -2.31. The van der Waals surface area contributed by atoms with Crippen molar-refractivity contribution in [1.82, 2.24) is 0 Å². The van der Waals surface area contributed by atoms with E-state index in [1.165, 1.54) is 89.9 Å². The van der Waals surface area contributed by atoms with Crippen molar-refractivity contribution in [3.05, 3.63) is 12.2 Å². The van der Waals surface area contributed by atoms with E-state index in [1.807, 2.05) is 0 Å². The Balaban J connectivity index is 1.52. The van der Waals surface area contributed by atoms with Gasteiger partial charge in [-0.15, -0.1) is 0 Å². The molecule has 2 aliphatic rings. The minimum Gasteiger partial charge on any atom is -0.251 e. The third kappa shape index (κ3) is 7.70. The first-order chi connectivity index (χ1) is 11.8. The third-order valence-electron chi connectivity index (χ3n) is 6.74. The minimum atomic E-state index is -0.202. The van der Waals surface area contributed by atoms with Crippen LogP contribution in [0, 0.1) is 23.7 Å². The summed E-state index contributed by atoms with van der Waals surface area (Å²) < 4.78 is 12.1. The van der Waals surface area contributed by atoms with Gasteiger partial charge in [0.1, 0.15) is 0 Å². The van der Waals surface area contributed by atoms with E-state index in [4.69, 9.17) is 0 Å². The highest BCUT2D eigenvalue weighted by Gasteiger charge is 2.23. The molecule has 24 heavy (non-hydrogen) atoms. The van der Waals surface area contributed by atoms with Gasteiger partial charge in [-0.3, -0.25) is 4.39 Å². The Kier molecular flexibility index (Phi) is 10.1. The van der Waals surface area contributed by atoms with Crippen molar-refractivity contribution in [2.24, 2.45) is 23.7 Å². The summed E-state index contributed by atoms with van der Waals surface area (Å²) in [5.41, 5.74) is 0. The molecular formula is C23H41F. The summed E-state index contributed by atoms with van der Waals surface area (Å²) in [4.78, 5) is 0. The van der Waals surface area contributed by atoms with E-state index < -0.39 is 0 Å². The quantitative estimate of drug-likeness (QED) is 0.281. The average molecular weight is 337 g/mol. The molecule has 0 amide bonds. The van der Waals surface area contributed by atoms with Crippen molar-refractivity contribution in [1.29, 1.82) is 0 Å². The second-order valence-corrected chi connectivity index (χ2v) is 8.65. The standard InChI is InChI=1S/C23H41F/c1-2-3-4-7-20-9-13-22(14-10-20)17-18-23-15-11-21(12-16-23)8-5-6-19-24/h5,8,20-23H,2-4,6-7,9-19H2,1H3. The van der Waals surface area contributed by atoms with Gasteiger partial charge >= 0.3 is 0 Å². The van der Waals surface area contributed by atoms with Crippen LogP contribution in [0.1, 0.15) is 103 Å². The molecule has 0 bridgehead atoms. The second-order valence-electron chi connectivity index (χ2n) is 8.65. The Morgan fingerprint density at radius 1 is 0.750 bits per heavy atom. The predicted molar refractivity (Wildman–Crippen MR) is 104 cm³/mol. The molecule has 1 heteroatoms. The van der Waals surface area contributed by atoms with Gasteiger partial charge in [0.05, 0.1) is 6.67 Å². The van der Waals surface area contributed by atoms with Crippen LogP contribution in [0.4, 0.5) is 4.39 Å². The van der Waals surface area contributed by atoms with Crippen molar-refractivity contribution in [3.8, 4) is 0 Å². The highest BCUT2D eigenvalue weighted by Crippen LogP contribution is 2.38. The maximum Gasteiger partial charge on any atom is 0.0928 e. The molecule has 0 radical (unpaired) electrons. The smallest absolute Gasteiger partial charge is 0.0928 e. The average Bonchev–Trinajstić information content (AvgIpc) is 2.63. The fraction of sp³-hybridized carbons (Fsp3) is 0.913. The number of alkyl halides is 1. The predicted octanol–water partition coefficient (Wildman–Crippen LogP) is 7.88. The molecular weight excluding hydrogens is 295 g/mol. The minimum absolute atomic E-state index is 0.202. The molecule has 0 aromatic carbocycles. The van der Waals surface area contributed by atoms with Crippen molar-refractivity contribution < 1.29 is 4.39 Å². The van der Waals surface area contributed by atoms with Crippen LogP contribution < -0.4 is 0 Å². The molecule has 2 saturated carbocycles. The molecule has 0 unspecified atom stereocenters. The van der Waals surface area contributed by atoms with Gasteiger partial charge < -0.3 is 0 Å². The van der Waals surface area contributed by atoms with Crippen molar-refractivity contribution in [3.63, 3.8) is 0 Å². The zero-order chi connectivity index (χ0) is 17.0. The first kappa shape index (κ1) is 20.0. The summed E-state index contributed by atoms with van der Waals surface area (Å²) in [5.74, 6) is 3.82. The zero-order valence-corrected chi connectivity index (χ0v) is 16.2. The third-order valence-corrected chi connectivity index (χ3v) is 6.74. The molecule has 0 N–H and O–H groups in total. The molecule has 0 heterocycles. The monoisotopic (exact) mass is 336 g/mol. The maximum absolute atomic E-state index is 12.1. The molecule has 0 aliphatic heterocycles. The normalized spacial score (nSPS) is 31.6. The number of hydrogen-bond acceptors (Lipinski definition) is 0. The Hall–Kier alpha value is -0.330. The van der Waals surface area contributed by atoms with Crippen LogP contribution in [0.3, 0.4) is 0 Å². The molecule has 0 atom stereocenters. The molecule has 2 fully saturated rings. The largest absolute Gasteiger partial charge is 0.251 e. The van der Waals surface area contributed by atoms with E-state index >= 15 is 0 Å². The molecule has 140 valence electrons. The van der Waals surface area contributed by atoms with Gasteiger partial charge in [-0.2, -0.15) is 0 Å². The van der Waals surface area contributed by atoms with Crippen molar-refractivity contribution >= 4 is 0 Å². The summed E-state index contributed by atoms with van der Waals surface area (Å²) in [5, 5.41) is 0. The lowest BCUT2D eigenvalue weighted by atomic mass is 9.75. The number of allylic oxidation sites excluding steroid dienone is 2. The van der Waals surface area contributed by atoms with Crippen LogP contribution in [0.5, 0.6) is 0 Å². The van der Waals surface area contributed by atoms with Gasteiger partial charge in [0, 0.05) is 0 Å². The first-order valence-corrected chi connectivity index (χ1v) is 11.0. The van der Waals surface area contributed by atoms with Gasteiger partial charge in [0.15, 0.2) is 0 Å². The van der Waals surface area contributed by atoms with Gasteiger partial charge in [-0.05, 0) is 55.8 Å². The van der Waals surface area contributed by atoms with Gasteiger partial charge in [-0.25, -0.2) is 0 Å². The Bertz CT molecular complexity index is 319. The maximum atomic E-state index is 12.1. The van der Waals surface area contributed by atoms with Crippen LogP contribution in [0.25, 0.3) is 0 Å². The summed E-state index contributed by atoms with van der Waals surface area (Å²) in [6, 6.07) is 0. The molecule has 0 spiro atoms. The van der Waals surface area contributed by atoms with Crippen LogP contribution in [-0.4, -0.2) is 6.67 Å². The van der Waals surface area contributed by atoms with E-state index in [-0.39, 0.29) is 6.67 Å². The Labute approximate surface area is 150 Å². The van der Waals surface area contributed by atoms with E-state index in [9.17, 15) is 4.39 Å². The van der Waals surface area contributed by atoms with Gasteiger partial charge in [-0.1, -0.05) is 83.3 Å². The molecule has 0 nitrogen and oxygen atoms in total. The SMILES string of the molecule is CCCCCC1CCC(CCC2CCC(C=CCCF)CC2)CC1. The van der Waals surface area contributed by atoms with E-state index in [0.717, 1.165) is 23.7 Å². The Morgan fingerprint density at radius 2 is 1.29 bits per heavy atom. The summed E-state index contributed by atoms with van der Waals surface area (Å²) in [6.45, 7) is 2.11. The molecule has 0 saturated heterocycles. The van der Waals surface area contributed by atoms with Crippen LogP contribution in [0.2, 0.25) is 0 Å². The lowest BCUT2D eigenvalue weighted by Crippen LogP contribution is -2.17. The molecule has 2 rings (SSSR count). The van der Waals surface area contributed by atoms with Crippen LogP contribution in [-0.2, 0) is 0 Å². The van der Waals surface area contributed by atoms with E-state index in [0.29, 0.717) is 6.42 Å². The molecule has 0 aromatic rings. The molecule has 2 aliphatic carbocycles. The second kappa shape index (κ2) is 12.1. The topological polar surface area (TPSA) is 0 Å². The fourth-order valence-corrected chi connectivity index (χ4v) is 4.98. The number of rotatable bonds is 10. The summed E-state index contributed by atoms with van der Waals surface area (Å²) in [7, 11) is 0. The van der Waals surface area contributed by atoms with Crippen LogP contribution in [0.15, 0.2) is 12.2 Å². The number of unbranched alkanes of at least 4 members (excludes halogenated alkanes) is 2. The number of hydrogen-bond donors (Lipinski definition) is 0. The van der Waals surface area contributed by atoms with Crippen molar-refractivity contribution in [2.45, 2.75) is 103 Å².